The van der Waals surface area contributed by atoms with E-state index in [1.807, 2.05) is 30.3 Å². The third-order valence-electron chi connectivity index (χ3n) is 6.78. The summed E-state index contributed by atoms with van der Waals surface area (Å²) in [6.45, 7) is 0. The van der Waals surface area contributed by atoms with Gasteiger partial charge in [0.25, 0.3) is 0 Å². The summed E-state index contributed by atoms with van der Waals surface area (Å²) in [7, 11) is -0.352. The molecule has 3 nitrogen and oxygen atoms in total. The van der Waals surface area contributed by atoms with E-state index < -0.39 is 0 Å². The highest BCUT2D eigenvalue weighted by Crippen LogP contribution is 2.41. The molecule has 0 spiro atoms. The van der Waals surface area contributed by atoms with Crippen LogP contribution in [0.1, 0.15) is 0 Å². The minimum atomic E-state index is -0.352. The SMILES string of the molecule is OBOc1ccc(N(c2ccc(-c3cccc4ccccc34)cc2)c2ccccc2-c2ccccc2)cc1. The lowest BCUT2D eigenvalue weighted by Crippen LogP contribution is -2.11. The summed E-state index contributed by atoms with van der Waals surface area (Å²) in [6, 6.07) is 50.4. The second-order valence-electron chi connectivity index (χ2n) is 9.06. The number of para-hydroxylation sites is 1. The number of rotatable bonds is 7. The van der Waals surface area contributed by atoms with Gasteiger partial charge in [0.05, 0.1) is 5.69 Å². The highest BCUT2D eigenvalue weighted by atomic mass is 16.5. The van der Waals surface area contributed by atoms with E-state index in [0.717, 1.165) is 28.2 Å². The Morgan fingerprint density at radius 3 is 1.84 bits per heavy atom. The van der Waals surface area contributed by atoms with Crippen LogP contribution >= 0.6 is 0 Å². The highest BCUT2D eigenvalue weighted by molar-refractivity contribution is 6.17. The number of hydrogen-bond donors (Lipinski definition) is 1. The number of hydrogen-bond acceptors (Lipinski definition) is 3. The largest absolute Gasteiger partial charge is 0.539 e. The van der Waals surface area contributed by atoms with Crippen molar-refractivity contribution >= 4 is 35.5 Å². The predicted molar refractivity (Wildman–Crippen MR) is 159 cm³/mol. The van der Waals surface area contributed by atoms with Crippen molar-refractivity contribution in [1.29, 1.82) is 0 Å². The maximum absolute atomic E-state index is 9.17. The maximum Gasteiger partial charge on any atom is 0.504 e. The lowest BCUT2D eigenvalue weighted by molar-refractivity contribution is 0.454. The quantitative estimate of drug-likeness (QED) is 0.228. The maximum atomic E-state index is 9.17. The van der Waals surface area contributed by atoms with Crippen molar-refractivity contribution in [2.75, 3.05) is 4.90 Å². The van der Waals surface area contributed by atoms with Crippen LogP contribution in [0.3, 0.4) is 0 Å². The summed E-state index contributed by atoms with van der Waals surface area (Å²) in [5.41, 5.74) is 7.81. The Hall–Kier alpha value is -4.80. The average molecular weight is 491 g/mol. The van der Waals surface area contributed by atoms with Gasteiger partial charge in [-0.1, -0.05) is 103 Å². The van der Waals surface area contributed by atoms with E-state index in [1.54, 1.807) is 0 Å². The fourth-order valence-corrected chi connectivity index (χ4v) is 4.99. The molecule has 1 N–H and O–H groups in total. The summed E-state index contributed by atoms with van der Waals surface area (Å²) >= 11 is 0. The van der Waals surface area contributed by atoms with E-state index in [4.69, 9.17) is 4.65 Å². The number of benzene rings is 6. The molecular weight excluding hydrogens is 465 g/mol. The molecule has 0 fully saturated rings. The third-order valence-corrected chi connectivity index (χ3v) is 6.78. The molecular formula is C34H26BNO2. The molecule has 6 rings (SSSR count). The molecule has 0 unspecified atom stereocenters. The van der Waals surface area contributed by atoms with Gasteiger partial charge in [-0.2, -0.15) is 0 Å². The van der Waals surface area contributed by atoms with Crippen molar-refractivity contribution in [3.63, 3.8) is 0 Å². The van der Waals surface area contributed by atoms with Crippen LogP contribution in [-0.4, -0.2) is 12.7 Å². The van der Waals surface area contributed by atoms with Gasteiger partial charge in [-0.15, -0.1) is 0 Å². The third kappa shape index (κ3) is 4.65. The number of fused-ring (bicyclic) bond motifs is 1. The molecule has 6 aromatic carbocycles. The topological polar surface area (TPSA) is 32.7 Å². The van der Waals surface area contributed by atoms with Gasteiger partial charge in [0, 0.05) is 16.9 Å². The second kappa shape index (κ2) is 10.7. The normalized spacial score (nSPS) is 10.8. The molecule has 0 amide bonds. The second-order valence-corrected chi connectivity index (χ2v) is 9.06. The van der Waals surface area contributed by atoms with E-state index >= 15 is 0 Å². The Kier molecular flexibility index (Phi) is 6.63. The first-order valence-electron chi connectivity index (χ1n) is 12.7. The van der Waals surface area contributed by atoms with E-state index in [2.05, 4.69) is 120 Å². The standard InChI is InChI=1S/C34H26BNO2/c37-35-38-30-23-21-29(22-24-30)36(34-16-7-6-14-33(34)26-9-2-1-3-10-26)28-19-17-27(18-20-28)32-15-8-12-25-11-4-5-13-31(25)32/h1-24,35,37H. The van der Waals surface area contributed by atoms with Crippen LogP contribution < -0.4 is 9.55 Å². The number of anilines is 3. The van der Waals surface area contributed by atoms with E-state index in [-0.39, 0.29) is 7.69 Å². The van der Waals surface area contributed by atoms with Crippen molar-refractivity contribution < 1.29 is 9.68 Å². The predicted octanol–water partition coefficient (Wildman–Crippen LogP) is 8.28. The highest BCUT2D eigenvalue weighted by Gasteiger charge is 2.17. The zero-order chi connectivity index (χ0) is 25.7. The van der Waals surface area contributed by atoms with Gasteiger partial charge >= 0.3 is 7.69 Å². The monoisotopic (exact) mass is 491 g/mol. The first kappa shape index (κ1) is 23.6. The molecule has 0 saturated carbocycles. The Morgan fingerprint density at radius 1 is 0.500 bits per heavy atom. The Labute approximate surface area is 223 Å². The molecule has 0 aliphatic heterocycles. The van der Waals surface area contributed by atoms with Crippen LogP contribution in [0.5, 0.6) is 5.75 Å². The fraction of sp³-hybridized carbons (Fsp3) is 0. The van der Waals surface area contributed by atoms with Gasteiger partial charge in [0.15, 0.2) is 0 Å². The van der Waals surface area contributed by atoms with Crippen LogP contribution in [0, 0.1) is 0 Å². The van der Waals surface area contributed by atoms with Gasteiger partial charge in [-0.25, -0.2) is 0 Å². The summed E-state index contributed by atoms with van der Waals surface area (Å²) in [5.74, 6) is 0.624. The Bertz CT molecular complexity index is 1660. The zero-order valence-corrected chi connectivity index (χ0v) is 20.9. The zero-order valence-electron chi connectivity index (χ0n) is 20.9. The summed E-state index contributed by atoms with van der Waals surface area (Å²) in [4.78, 5) is 2.26. The molecule has 0 saturated heterocycles. The molecule has 0 bridgehead atoms. The van der Waals surface area contributed by atoms with Crippen molar-refractivity contribution in [2.24, 2.45) is 0 Å². The molecule has 4 heteroatoms. The summed E-state index contributed by atoms with van der Waals surface area (Å²) < 4.78 is 5.28. The van der Waals surface area contributed by atoms with Gasteiger partial charge in [-0.3, -0.25) is 0 Å². The Balaban J connectivity index is 1.47. The molecule has 182 valence electrons. The minimum Gasteiger partial charge on any atom is -0.539 e. The molecule has 0 atom stereocenters. The van der Waals surface area contributed by atoms with Crippen LogP contribution in [-0.2, 0) is 0 Å². The Morgan fingerprint density at radius 2 is 1.08 bits per heavy atom. The van der Waals surface area contributed by atoms with E-state index in [9.17, 15) is 5.02 Å². The molecule has 0 aromatic heterocycles. The molecule has 0 heterocycles. The molecule has 6 aromatic rings. The van der Waals surface area contributed by atoms with Gasteiger partial charge < -0.3 is 14.6 Å². The fourth-order valence-electron chi connectivity index (χ4n) is 4.99. The molecule has 0 aliphatic carbocycles. The van der Waals surface area contributed by atoms with E-state index in [0.29, 0.717) is 5.75 Å². The van der Waals surface area contributed by atoms with Crippen molar-refractivity contribution in [2.45, 2.75) is 0 Å². The molecule has 38 heavy (non-hydrogen) atoms. The molecule has 0 radical (unpaired) electrons. The smallest absolute Gasteiger partial charge is 0.504 e. The van der Waals surface area contributed by atoms with Crippen molar-refractivity contribution in [3.05, 3.63) is 146 Å². The van der Waals surface area contributed by atoms with E-state index in [1.165, 1.54) is 21.9 Å². The minimum absolute atomic E-state index is 0.352. The van der Waals surface area contributed by atoms with Crippen LogP contribution in [0.2, 0.25) is 0 Å². The first-order chi connectivity index (χ1) is 18.8. The lowest BCUT2D eigenvalue weighted by atomic mass is 9.97. The van der Waals surface area contributed by atoms with Crippen molar-refractivity contribution in [3.8, 4) is 28.0 Å². The molecule has 0 aliphatic rings. The summed E-state index contributed by atoms with van der Waals surface area (Å²) in [5, 5.41) is 11.6. The van der Waals surface area contributed by atoms with Crippen LogP contribution in [0.4, 0.5) is 17.1 Å². The van der Waals surface area contributed by atoms with Crippen molar-refractivity contribution in [1.82, 2.24) is 0 Å². The first-order valence-corrected chi connectivity index (χ1v) is 12.7. The van der Waals surface area contributed by atoms with Gasteiger partial charge in [0.2, 0.25) is 0 Å². The van der Waals surface area contributed by atoms with Gasteiger partial charge in [0.1, 0.15) is 5.75 Å². The summed E-state index contributed by atoms with van der Waals surface area (Å²) in [6.07, 6.45) is 0. The average Bonchev–Trinajstić information content (AvgIpc) is 2.99. The van der Waals surface area contributed by atoms with Crippen LogP contribution in [0.25, 0.3) is 33.0 Å². The van der Waals surface area contributed by atoms with Crippen LogP contribution in [0.15, 0.2) is 146 Å². The van der Waals surface area contributed by atoms with Gasteiger partial charge in [-0.05, 0) is 69.9 Å². The number of nitrogens with zero attached hydrogens (tertiary/aromatic N) is 1. The lowest BCUT2D eigenvalue weighted by Gasteiger charge is -2.28.